The molecule has 0 saturated heterocycles. The first-order valence-electron chi connectivity index (χ1n) is 6.03. The van der Waals surface area contributed by atoms with Crippen LogP contribution in [0.3, 0.4) is 0 Å². The summed E-state index contributed by atoms with van der Waals surface area (Å²) in [6.07, 6.45) is 4.32. The van der Waals surface area contributed by atoms with Crippen LogP contribution >= 0.6 is 0 Å². The Bertz CT molecular complexity index is 520. The maximum absolute atomic E-state index is 3.35. The van der Waals surface area contributed by atoms with Crippen molar-refractivity contribution in [3.8, 4) is 11.1 Å². The lowest BCUT2D eigenvalue weighted by atomic mass is 9.95. The molecule has 0 unspecified atom stereocenters. The summed E-state index contributed by atoms with van der Waals surface area (Å²) in [6, 6.07) is 8.92. The molecular weight excluding hydrogens is 194 g/mol. The van der Waals surface area contributed by atoms with E-state index in [1.807, 2.05) is 6.20 Å². The molecule has 2 aromatic rings. The van der Waals surface area contributed by atoms with E-state index in [9.17, 15) is 0 Å². The zero-order chi connectivity index (χ0) is 11.1. The molecule has 1 aliphatic rings. The van der Waals surface area contributed by atoms with E-state index in [0.717, 1.165) is 12.3 Å². The van der Waals surface area contributed by atoms with Gasteiger partial charge in [0.25, 0.3) is 0 Å². The first-order chi connectivity index (χ1) is 7.75. The summed E-state index contributed by atoms with van der Waals surface area (Å²) in [7, 11) is 0. The number of fused-ring (bicyclic) bond motifs is 3. The lowest BCUT2D eigenvalue weighted by Gasteiger charge is -2.10. The van der Waals surface area contributed by atoms with E-state index in [1.54, 1.807) is 0 Å². The van der Waals surface area contributed by atoms with Crippen molar-refractivity contribution < 1.29 is 0 Å². The van der Waals surface area contributed by atoms with Gasteiger partial charge in [-0.3, -0.25) is 0 Å². The summed E-state index contributed by atoms with van der Waals surface area (Å²) in [5, 5.41) is 0. The molecule has 1 aliphatic carbocycles. The van der Waals surface area contributed by atoms with Crippen LogP contribution in [-0.4, -0.2) is 4.98 Å². The molecule has 0 fully saturated rings. The third-order valence-corrected chi connectivity index (χ3v) is 3.38. The second-order valence-corrected chi connectivity index (χ2v) is 5.09. The minimum Gasteiger partial charge on any atom is -0.364 e. The maximum Gasteiger partial charge on any atom is 0.0271 e. The monoisotopic (exact) mass is 211 g/mol. The Labute approximate surface area is 96.5 Å². The zero-order valence-corrected chi connectivity index (χ0v) is 9.88. The fourth-order valence-electron chi connectivity index (χ4n) is 2.71. The normalized spacial score (nSPS) is 12.9. The number of hydrogen-bond donors (Lipinski definition) is 1. The summed E-state index contributed by atoms with van der Waals surface area (Å²) >= 11 is 0. The number of hydrogen-bond acceptors (Lipinski definition) is 0. The van der Waals surface area contributed by atoms with Crippen LogP contribution in [0.15, 0.2) is 30.5 Å². The van der Waals surface area contributed by atoms with Gasteiger partial charge in [0, 0.05) is 23.9 Å². The van der Waals surface area contributed by atoms with E-state index in [4.69, 9.17) is 0 Å². The number of aromatic amines is 1. The number of benzene rings is 1. The van der Waals surface area contributed by atoms with E-state index in [-0.39, 0.29) is 0 Å². The Hall–Kier alpha value is -1.50. The lowest BCUT2D eigenvalue weighted by molar-refractivity contribution is 0.644. The lowest BCUT2D eigenvalue weighted by Crippen LogP contribution is -1.98. The molecule has 1 heteroatoms. The predicted octanol–water partition coefficient (Wildman–Crippen LogP) is 3.78. The molecule has 1 N–H and O–H groups in total. The molecule has 0 aliphatic heterocycles. The molecule has 0 spiro atoms. The van der Waals surface area contributed by atoms with Gasteiger partial charge in [0.2, 0.25) is 0 Å². The van der Waals surface area contributed by atoms with Gasteiger partial charge < -0.3 is 4.98 Å². The van der Waals surface area contributed by atoms with Crippen LogP contribution in [-0.2, 0) is 12.8 Å². The molecule has 1 heterocycles. The van der Waals surface area contributed by atoms with E-state index < -0.39 is 0 Å². The van der Waals surface area contributed by atoms with Gasteiger partial charge in [-0.05, 0) is 35.1 Å². The summed E-state index contributed by atoms with van der Waals surface area (Å²) in [6.45, 7) is 4.57. The summed E-state index contributed by atoms with van der Waals surface area (Å²) in [5.74, 6) is 0.727. The van der Waals surface area contributed by atoms with Crippen molar-refractivity contribution in [1.29, 1.82) is 0 Å². The highest BCUT2D eigenvalue weighted by molar-refractivity contribution is 5.76. The van der Waals surface area contributed by atoms with Crippen LogP contribution in [0.2, 0.25) is 0 Å². The minimum atomic E-state index is 0.727. The topological polar surface area (TPSA) is 15.8 Å². The number of H-pyrrole nitrogens is 1. The highest BCUT2D eigenvalue weighted by Gasteiger charge is 2.21. The van der Waals surface area contributed by atoms with Gasteiger partial charge in [0.15, 0.2) is 0 Å². The van der Waals surface area contributed by atoms with Crippen molar-refractivity contribution in [1.82, 2.24) is 4.98 Å². The number of rotatable bonds is 2. The fourth-order valence-corrected chi connectivity index (χ4v) is 2.71. The van der Waals surface area contributed by atoms with Gasteiger partial charge in [0.1, 0.15) is 0 Å². The van der Waals surface area contributed by atoms with Crippen LogP contribution < -0.4 is 0 Å². The number of aromatic nitrogens is 1. The van der Waals surface area contributed by atoms with Crippen molar-refractivity contribution in [2.75, 3.05) is 0 Å². The molecule has 0 bridgehead atoms. The zero-order valence-electron chi connectivity index (χ0n) is 9.88. The van der Waals surface area contributed by atoms with Crippen molar-refractivity contribution in [2.24, 2.45) is 5.92 Å². The number of nitrogens with one attached hydrogen (secondary N) is 1. The predicted molar refractivity (Wildman–Crippen MR) is 67.6 cm³/mol. The van der Waals surface area contributed by atoms with Crippen LogP contribution in [0.5, 0.6) is 0 Å². The Kier molecular flexibility index (Phi) is 2.13. The smallest absolute Gasteiger partial charge is 0.0271 e. The Morgan fingerprint density at radius 3 is 2.88 bits per heavy atom. The molecule has 0 amide bonds. The molecule has 0 saturated carbocycles. The average molecular weight is 211 g/mol. The van der Waals surface area contributed by atoms with Crippen molar-refractivity contribution >= 4 is 0 Å². The third-order valence-electron chi connectivity index (χ3n) is 3.38. The Morgan fingerprint density at radius 2 is 2.06 bits per heavy atom. The van der Waals surface area contributed by atoms with Crippen LogP contribution in [0, 0.1) is 5.92 Å². The molecule has 1 aromatic carbocycles. The second kappa shape index (κ2) is 3.51. The second-order valence-electron chi connectivity index (χ2n) is 5.09. The average Bonchev–Trinajstić information content (AvgIpc) is 2.77. The molecule has 82 valence electrons. The highest BCUT2D eigenvalue weighted by Crippen LogP contribution is 2.38. The molecule has 3 rings (SSSR count). The first-order valence-corrected chi connectivity index (χ1v) is 6.03. The van der Waals surface area contributed by atoms with E-state index in [1.165, 1.54) is 34.4 Å². The van der Waals surface area contributed by atoms with Gasteiger partial charge in [-0.1, -0.05) is 32.0 Å². The fraction of sp³-hybridized carbons (Fsp3) is 0.333. The molecule has 1 aromatic heterocycles. The van der Waals surface area contributed by atoms with Crippen LogP contribution in [0.25, 0.3) is 11.1 Å². The van der Waals surface area contributed by atoms with Gasteiger partial charge >= 0.3 is 0 Å². The summed E-state index contributed by atoms with van der Waals surface area (Å²) in [4.78, 5) is 3.35. The molecule has 0 radical (unpaired) electrons. The third kappa shape index (κ3) is 1.39. The van der Waals surface area contributed by atoms with E-state index >= 15 is 0 Å². The summed E-state index contributed by atoms with van der Waals surface area (Å²) < 4.78 is 0. The van der Waals surface area contributed by atoms with E-state index in [0.29, 0.717) is 0 Å². The molecular formula is C15H17N. The standard InChI is InChI=1S/C15H17N/c1-10(2)8-11-4-3-5-12-13-6-7-16-15(13)9-14(11)12/h3-7,10,16H,8-9H2,1-2H3. The Morgan fingerprint density at radius 1 is 1.19 bits per heavy atom. The first kappa shape index (κ1) is 9.71. The van der Waals surface area contributed by atoms with Crippen LogP contribution in [0.4, 0.5) is 0 Å². The largest absolute Gasteiger partial charge is 0.364 e. The molecule has 1 nitrogen and oxygen atoms in total. The maximum atomic E-state index is 3.35. The summed E-state index contributed by atoms with van der Waals surface area (Å²) in [5.41, 5.74) is 7.29. The van der Waals surface area contributed by atoms with Gasteiger partial charge in [0.05, 0.1) is 0 Å². The molecule has 0 atom stereocenters. The van der Waals surface area contributed by atoms with Crippen LogP contribution in [0.1, 0.15) is 30.7 Å². The van der Waals surface area contributed by atoms with Gasteiger partial charge in [-0.2, -0.15) is 0 Å². The van der Waals surface area contributed by atoms with Gasteiger partial charge in [-0.15, -0.1) is 0 Å². The highest BCUT2D eigenvalue weighted by atomic mass is 14.7. The SMILES string of the molecule is CC(C)Cc1cccc2c1Cc1[nH]ccc1-2. The quantitative estimate of drug-likeness (QED) is 0.664. The minimum absolute atomic E-state index is 0.727. The van der Waals surface area contributed by atoms with Crippen molar-refractivity contribution in [3.63, 3.8) is 0 Å². The van der Waals surface area contributed by atoms with Gasteiger partial charge in [-0.25, -0.2) is 0 Å². The van der Waals surface area contributed by atoms with E-state index in [2.05, 4.69) is 43.1 Å². The van der Waals surface area contributed by atoms with Crippen molar-refractivity contribution in [3.05, 3.63) is 47.3 Å². The Balaban J connectivity index is 2.09. The van der Waals surface area contributed by atoms with Crippen molar-refractivity contribution in [2.45, 2.75) is 26.7 Å². The molecule has 16 heavy (non-hydrogen) atoms.